The standard InChI is InChI=1S/C22H24Cl2FN3O4/c23-17-7-5-15(11-18(17)24)27-22(31)28-19-8-6-16(32-20(19)12-29)9-10-26-21(30)13-1-3-14(25)4-2-13/h1-5,7,11,16,19-20,29H,6,8-10,12H2,(H,26,30)(H2,27,28,31)/t16-,19+,20+/m1/s1. The number of hydrogen-bond donors (Lipinski definition) is 4. The Morgan fingerprint density at radius 3 is 2.53 bits per heavy atom. The lowest BCUT2D eigenvalue weighted by Crippen LogP contribution is -2.52. The number of carbonyl (C=O) groups is 2. The summed E-state index contributed by atoms with van der Waals surface area (Å²) in [6.07, 6.45) is 1.07. The van der Waals surface area contributed by atoms with Crippen molar-refractivity contribution in [3.63, 3.8) is 0 Å². The number of carbonyl (C=O) groups excluding carboxylic acids is 2. The quantitative estimate of drug-likeness (QED) is 0.478. The summed E-state index contributed by atoms with van der Waals surface area (Å²) in [6.45, 7) is 0.116. The van der Waals surface area contributed by atoms with Crippen LogP contribution in [0.15, 0.2) is 42.5 Å². The van der Waals surface area contributed by atoms with E-state index in [2.05, 4.69) is 16.0 Å². The van der Waals surface area contributed by atoms with Gasteiger partial charge in [-0.15, -0.1) is 0 Å². The first-order valence-electron chi connectivity index (χ1n) is 10.2. The Balaban J connectivity index is 1.43. The van der Waals surface area contributed by atoms with Crippen LogP contribution in [-0.2, 0) is 4.74 Å². The average Bonchev–Trinajstić information content (AvgIpc) is 2.77. The van der Waals surface area contributed by atoms with E-state index >= 15 is 0 Å². The highest BCUT2D eigenvalue weighted by molar-refractivity contribution is 6.42. The van der Waals surface area contributed by atoms with Crippen LogP contribution in [0.5, 0.6) is 0 Å². The lowest BCUT2D eigenvalue weighted by Gasteiger charge is -2.36. The predicted molar refractivity (Wildman–Crippen MR) is 121 cm³/mol. The molecule has 0 radical (unpaired) electrons. The summed E-state index contributed by atoms with van der Waals surface area (Å²) in [5.74, 6) is -0.695. The fraction of sp³-hybridized carbons (Fsp3) is 0.364. The van der Waals surface area contributed by atoms with Crippen molar-refractivity contribution in [3.8, 4) is 0 Å². The summed E-state index contributed by atoms with van der Waals surface area (Å²) in [7, 11) is 0. The van der Waals surface area contributed by atoms with E-state index in [1.54, 1.807) is 18.2 Å². The molecule has 172 valence electrons. The zero-order valence-electron chi connectivity index (χ0n) is 17.1. The molecule has 1 heterocycles. The molecule has 0 bridgehead atoms. The Hall–Kier alpha value is -2.39. The van der Waals surface area contributed by atoms with Gasteiger partial charge in [-0.3, -0.25) is 4.79 Å². The molecular weight excluding hydrogens is 460 g/mol. The molecule has 0 aromatic heterocycles. The van der Waals surface area contributed by atoms with Crippen molar-refractivity contribution < 1.29 is 23.8 Å². The Morgan fingerprint density at radius 1 is 1.09 bits per heavy atom. The topological polar surface area (TPSA) is 99.7 Å². The summed E-state index contributed by atoms with van der Waals surface area (Å²) < 4.78 is 18.9. The number of rotatable bonds is 7. The minimum absolute atomic E-state index is 0.170. The van der Waals surface area contributed by atoms with Crippen LogP contribution in [0.25, 0.3) is 0 Å². The van der Waals surface area contributed by atoms with Gasteiger partial charge in [-0.1, -0.05) is 23.2 Å². The lowest BCUT2D eigenvalue weighted by molar-refractivity contribution is -0.0886. The fourth-order valence-corrected chi connectivity index (χ4v) is 3.77. The number of urea groups is 1. The Morgan fingerprint density at radius 2 is 1.84 bits per heavy atom. The van der Waals surface area contributed by atoms with Crippen molar-refractivity contribution in [2.45, 2.75) is 37.5 Å². The van der Waals surface area contributed by atoms with Gasteiger partial charge < -0.3 is 25.8 Å². The van der Waals surface area contributed by atoms with Crippen molar-refractivity contribution in [2.75, 3.05) is 18.5 Å². The molecule has 10 heteroatoms. The fourth-order valence-electron chi connectivity index (χ4n) is 3.47. The minimum Gasteiger partial charge on any atom is -0.394 e. The van der Waals surface area contributed by atoms with E-state index in [0.717, 1.165) is 0 Å². The SMILES string of the molecule is O=C(Nc1ccc(Cl)c(Cl)c1)N[C@H]1CC[C@H](CCNC(=O)c2ccc(F)cc2)O[C@H]1CO. The molecule has 3 amide bonds. The molecule has 0 spiro atoms. The first kappa shape index (κ1) is 24.3. The average molecular weight is 484 g/mol. The summed E-state index contributed by atoms with van der Waals surface area (Å²) >= 11 is 11.8. The second-order valence-corrected chi connectivity index (χ2v) is 8.26. The molecule has 0 saturated carbocycles. The van der Waals surface area contributed by atoms with Gasteiger partial charge in [-0.2, -0.15) is 0 Å². The monoisotopic (exact) mass is 483 g/mol. The maximum absolute atomic E-state index is 13.0. The predicted octanol–water partition coefficient (Wildman–Crippen LogP) is 3.98. The number of aliphatic hydroxyl groups excluding tert-OH is 1. The second-order valence-electron chi connectivity index (χ2n) is 7.44. The number of anilines is 1. The van der Waals surface area contributed by atoms with Gasteiger partial charge in [-0.25, -0.2) is 9.18 Å². The van der Waals surface area contributed by atoms with Crippen LogP contribution >= 0.6 is 23.2 Å². The lowest BCUT2D eigenvalue weighted by atomic mass is 9.97. The summed E-state index contributed by atoms with van der Waals surface area (Å²) in [6, 6.07) is 9.25. The van der Waals surface area contributed by atoms with Crippen LogP contribution in [0.3, 0.4) is 0 Å². The third kappa shape index (κ3) is 6.80. The van der Waals surface area contributed by atoms with Crippen LogP contribution in [0.1, 0.15) is 29.6 Å². The zero-order valence-corrected chi connectivity index (χ0v) is 18.6. The highest BCUT2D eigenvalue weighted by Gasteiger charge is 2.31. The maximum Gasteiger partial charge on any atom is 0.319 e. The maximum atomic E-state index is 13.0. The van der Waals surface area contributed by atoms with E-state index in [-0.39, 0.29) is 24.7 Å². The summed E-state index contributed by atoms with van der Waals surface area (Å²) in [5, 5.41) is 18.7. The van der Waals surface area contributed by atoms with Gasteiger partial charge in [-0.05, 0) is 61.7 Å². The molecule has 2 aromatic rings. The van der Waals surface area contributed by atoms with Gasteiger partial charge in [0.25, 0.3) is 5.91 Å². The molecule has 1 aliphatic rings. The number of benzene rings is 2. The van der Waals surface area contributed by atoms with E-state index in [4.69, 9.17) is 27.9 Å². The van der Waals surface area contributed by atoms with E-state index < -0.39 is 18.0 Å². The molecule has 3 atom stereocenters. The van der Waals surface area contributed by atoms with Gasteiger partial charge in [0.1, 0.15) is 11.9 Å². The van der Waals surface area contributed by atoms with Crippen LogP contribution in [-0.4, -0.2) is 48.4 Å². The molecule has 4 N–H and O–H groups in total. The number of aliphatic hydroxyl groups is 1. The van der Waals surface area contributed by atoms with Crippen LogP contribution in [0, 0.1) is 5.82 Å². The van der Waals surface area contributed by atoms with Crippen LogP contribution in [0.2, 0.25) is 10.0 Å². The number of nitrogens with one attached hydrogen (secondary N) is 3. The van der Waals surface area contributed by atoms with Crippen LogP contribution < -0.4 is 16.0 Å². The van der Waals surface area contributed by atoms with Crippen molar-refractivity contribution in [1.82, 2.24) is 10.6 Å². The third-order valence-corrected chi connectivity index (χ3v) is 5.89. The number of halogens is 3. The molecule has 3 rings (SSSR count). The van der Waals surface area contributed by atoms with Crippen LogP contribution in [0.4, 0.5) is 14.9 Å². The molecule has 0 unspecified atom stereocenters. The van der Waals surface area contributed by atoms with Crippen molar-refractivity contribution in [1.29, 1.82) is 0 Å². The van der Waals surface area contributed by atoms with Crippen molar-refractivity contribution >= 4 is 40.8 Å². The zero-order chi connectivity index (χ0) is 23.1. The largest absolute Gasteiger partial charge is 0.394 e. The Kier molecular flexibility index (Phi) is 8.69. The number of ether oxygens (including phenoxy) is 1. The highest BCUT2D eigenvalue weighted by atomic mass is 35.5. The first-order chi connectivity index (χ1) is 15.4. The number of hydrogen-bond acceptors (Lipinski definition) is 4. The van der Waals surface area contributed by atoms with Gasteiger partial charge in [0.2, 0.25) is 0 Å². The third-order valence-electron chi connectivity index (χ3n) is 5.15. The molecule has 1 fully saturated rings. The first-order valence-corrected chi connectivity index (χ1v) is 10.9. The van der Waals surface area contributed by atoms with E-state index in [1.165, 1.54) is 24.3 Å². The van der Waals surface area contributed by atoms with Gasteiger partial charge in [0.05, 0.1) is 28.8 Å². The van der Waals surface area contributed by atoms with Crippen molar-refractivity contribution in [2.24, 2.45) is 0 Å². The summed E-state index contributed by atoms with van der Waals surface area (Å²) in [5.41, 5.74) is 0.866. The molecular formula is C22H24Cl2FN3O4. The smallest absolute Gasteiger partial charge is 0.319 e. The van der Waals surface area contributed by atoms with Gasteiger partial charge in [0.15, 0.2) is 0 Å². The molecule has 0 aliphatic carbocycles. The van der Waals surface area contributed by atoms with Gasteiger partial charge in [0, 0.05) is 17.8 Å². The Bertz CT molecular complexity index is 945. The molecule has 1 saturated heterocycles. The normalized spacial score (nSPS) is 20.4. The summed E-state index contributed by atoms with van der Waals surface area (Å²) in [4.78, 5) is 24.4. The van der Waals surface area contributed by atoms with Gasteiger partial charge >= 0.3 is 6.03 Å². The Labute approximate surface area is 195 Å². The number of amides is 3. The van der Waals surface area contributed by atoms with E-state index in [0.29, 0.717) is 47.1 Å². The molecule has 1 aliphatic heterocycles. The molecule has 32 heavy (non-hydrogen) atoms. The molecule has 7 nitrogen and oxygen atoms in total. The van der Waals surface area contributed by atoms with Crippen molar-refractivity contribution in [3.05, 3.63) is 63.9 Å². The highest BCUT2D eigenvalue weighted by Crippen LogP contribution is 2.25. The minimum atomic E-state index is -0.568. The van der Waals surface area contributed by atoms with E-state index in [9.17, 15) is 19.1 Å². The molecule has 2 aromatic carbocycles. The van der Waals surface area contributed by atoms with E-state index in [1.807, 2.05) is 0 Å². The second kappa shape index (κ2) is 11.5.